The van der Waals surface area contributed by atoms with Crippen LogP contribution in [-0.2, 0) is 18.9 Å². The highest BCUT2D eigenvalue weighted by Gasteiger charge is 2.52. The van der Waals surface area contributed by atoms with Crippen molar-refractivity contribution in [2.75, 3.05) is 6.61 Å². The van der Waals surface area contributed by atoms with Crippen LogP contribution in [0.25, 0.3) is 0 Å². The lowest BCUT2D eigenvalue weighted by atomic mass is 10.1. The number of nitrogens with zero attached hydrogens (tertiary/aromatic N) is 1. The molecule has 4 atom stereocenters. The maximum Gasteiger partial charge on any atom is 0.338 e. The molecule has 1 aliphatic rings. The van der Waals surface area contributed by atoms with Gasteiger partial charge in [0.15, 0.2) is 18.4 Å². The molecule has 4 aromatic rings. The van der Waals surface area contributed by atoms with Gasteiger partial charge in [-0.3, -0.25) is 14.3 Å². The lowest BCUT2D eigenvalue weighted by Gasteiger charge is -2.25. The first-order valence-corrected chi connectivity index (χ1v) is 13.0. The molecule has 1 N–H and O–H groups in total. The fourth-order valence-electron chi connectivity index (χ4n) is 4.60. The minimum atomic E-state index is -1.38. The van der Waals surface area contributed by atoms with Crippen LogP contribution in [0.1, 0.15) is 43.0 Å². The molecule has 1 aromatic heterocycles. The van der Waals surface area contributed by atoms with Crippen LogP contribution in [0.2, 0.25) is 0 Å². The van der Waals surface area contributed by atoms with Crippen molar-refractivity contribution in [3.8, 4) is 0 Å². The predicted octanol–water partition coefficient (Wildman–Crippen LogP) is 3.05. The molecule has 0 bridgehead atoms. The van der Waals surface area contributed by atoms with Crippen molar-refractivity contribution in [3.05, 3.63) is 140 Å². The number of ether oxygens (including phenoxy) is 4. The standard InChI is InChI=1S/C31H26N2O9/c1-19-17-24(34)32-31(38)33(19)27-26(42-30(37)22-15-9-4-10-16-22)25(41-29(36)21-13-7-3-8-14-21)23(40-27)18-39-28(35)20-11-5-2-6-12-20/h2-17,23,25-27H,18H2,1H3,(H,32,34,38)/t23-,25+,26?,27-/m1/s1. The molecule has 0 spiro atoms. The van der Waals surface area contributed by atoms with Crippen molar-refractivity contribution in [3.63, 3.8) is 0 Å². The number of hydrogen-bond donors (Lipinski definition) is 1. The Hall–Kier alpha value is -5.29. The van der Waals surface area contributed by atoms with E-state index in [4.69, 9.17) is 18.9 Å². The van der Waals surface area contributed by atoms with E-state index in [-0.39, 0.29) is 22.4 Å². The van der Waals surface area contributed by atoms with Crippen LogP contribution in [0.3, 0.4) is 0 Å². The number of carbonyl (C=O) groups is 3. The van der Waals surface area contributed by atoms with Crippen molar-refractivity contribution in [2.24, 2.45) is 0 Å². The average Bonchev–Trinajstić information content (AvgIpc) is 3.32. The second-order valence-electron chi connectivity index (χ2n) is 9.45. The fraction of sp³-hybridized carbons (Fsp3) is 0.194. The molecular weight excluding hydrogens is 544 g/mol. The molecule has 2 heterocycles. The van der Waals surface area contributed by atoms with Gasteiger partial charge in [0.1, 0.15) is 12.7 Å². The monoisotopic (exact) mass is 570 g/mol. The van der Waals surface area contributed by atoms with Crippen molar-refractivity contribution in [1.82, 2.24) is 9.55 Å². The summed E-state index contributed by atoms with van der Waals surface area (Å²) >= 11 is 0. The van der Waals surface area contributed by atoms with Gasteiger partial charge in [-0.2, -0.15) is 0 Å². The number of benzene rings is 3. The first-order chi connectivity index (χ1) is 20.3. The van der Waals surface area contributed by atoms with Gasteiger partial charge in [-0.15, -0.1) is 0 Å². The Labute approximate surface area is 239 Å². The minimum Gasteiger partial charge on any atom is -0.459 e. The third-order valence-corrected chi connectivity index (χ3v) is 6.60. The van der Waals surface area contributed by atoms with Gasteiger partial charge in [0.2, 0.25) is 0 Å². The number of aryl methyl sites for hydroxylation is 1. The first kappa shape index (κ1) is 28.2. The van der Waals surface area contributed by atoms with Gasteiger partial charge in [0.05, 0.1) is 16.7 Å². The van der Waals surface area contributed by atoms with E-state index < -0.39 is 60.3 Å². The van der Waals surface area contributed by atoms with Gasteiger partial charge < -0.3 is 18.9 Å². The number of hydrogen-bond acceptors (Lipinski definition) is 9. The van der Waals surface area contributed by atoms with E-state index in [1.54, 1.807) is 78.9 Å². The van der Waals surface area contributed by atoms with Crippen LogP contribution in [-0.4, -0.2) is 52.4 Å². The van der Waals surface area contributed by atoms with Crippen molar-refractivity contribution in [1.29, 1.82) is 0 Å². The number of aromatic nitrogens is 2. The molecule has 1 fully saturated rings. The maximum atomic E-state index is 13.2. The minimum absolute atomic E-state index is 0.199. The summed E-state index contributed by atoms with van der Waals surface area (Å²) in [6.45, 7) is 1.09. The zero-order valence-electron chi connectivity index (χ0n) is 22.4. The van der Waals surface area contributed by atoms with Gasteiger partial charge in [-0.25, -0.2) is 19.2 Å². The lowest BCUT2D eigenvalue weighted by Crippen LogP contribution is -2.43. The molecule has 1 unspecified atom stereocenters. The Balaban J connectivity index is 1.52. The number of aromatic amines is 1. The quantitative estimate of drug-likeness (QED) is 0.250. The van der Waals surface area contributed by atoms with Crippen LogP contribution in [0.5, 0.6) is 0 Å². The molecule has 0 aliphatic carbocycles. The summed E-state index contributed by atoms with van der Waals surface area (Å²) in [6, 6.07) is 25.6. The molecule has 0 amide bonds. The summed E-state index contributed by atoms with van der Waals surface area (Å²) in [5.74, 6) is -2.19. The molecule has 11 nitrogen and oxygen atoms in total. The van der Waals surface area contributed by atoms with Gasteiger partial charge in [0.25, 0.3) is 5.56 Å². The Kier molecular flexibility index (Phi) is 8.39. The van der Waals surface area contributed by atoms with E-state index in [2.05, 4.69) is 4.98 Å². The number of rotatable bonds is 8. The lowest BCUT2D eigenvalue weighted by molar-refractivity contribution is -0.0648. The second kappa shape index (κ2) is 12.5. The van der Waals surface area contributed by atoms with Gasteiger partial charge in [-0.1, -0.05) is 54.6 Å². The van der Waals surface area contributed by atoms with E-state index in [0.717, 1.165) is 4.57 Å². The van der Waals surface area contributed by atoms with E-state index in [1.165, 1.54) is 25.1 Å². The van der Waals surface area contributed by atoms with E-state index in [0.29, 0.717) is 0 Å². The highest BCUT2D eigenvalue weighted by Crippen LogP contribution is 2.35. The number of nitrogens with one attached hydrogen (secondary N) is 1. The molecule has 1 saturated heterocycles. The topological polar surface area (TPSA) is 143 Å². The third kappa shape index (κ3) is 6.21. The van der Waals surface area contributed by atoms with Gasteiger partial charge >= 0.3 is 23.6 Å². The van der Waals surface area contributed by atoms with Gasteiger partial charge in [-0.05, 0) is 43.3 Å². The second-order valence-corrected chi connectivity index (χ2v) is 9.45. The van der Waals surface area contributed by atoms with Crippen molar-refractivity contribution >= 4 is 17.9 Å². The maximum absolute atomic E-state index is 13.2. The number of carbonyl (C=O) groups excluding carboxylic acids is 3. The molecule has 214 valence electrons. The van der Waals surface area contributed by atoms with Crippen LogP contribution in [0.15, 0.2) is 107 Å². The zero-order valence-corrected chi connectivity index (χ0v) is 22.4. The summed E-state index contributed by atoms with van der Waals surface area (Å²) in [4.78, 5) is 66.2. The van der Waals surface area contributed by atoms with E-state index in [9.17, 15) is 24.0 Å². The molecule has 5 rings (SSSR count). The first-order valence-electron chi connectivity index (χ1n) is 13.0. The predicted molar refractivity (Wildman–Crippen MR) is 148 cm³/mol. The van der Waals surface area contributed by atoms with Gasteiger partial charge in [0, 0.05) is 11.8 Å². The highest BCUT2D eigenvalue weighted by molar-refractivity contribution is 5.91. The van der Waals surface area contributed by atoms with Crippen LogP contribution in [0.4, 0.5) is 0 Å². The Morgan fingerprint density at radius 1 is 0.738 bits per heavy atom. The molecule has 1 aliphatic heterocycles. The van der Waals surface area contributed by atoms with Crippen molar-refractivity contribution in [2.45, 2.75) is 31.5 Å². The molecule has 42 heavy (non-hydrogen) atoms. The van der Waals surface area contributed by atoms with Crippen molar-refractivity contribution < 1.29 is 33.3 Å². The average molecular weight is 571 g/mol. The molecule has 0 radical (unpaired) electrons. The fourth-order valence-corrected chi connectivity index (χ4v) is 4.60. The summed E-state index contributed by atoms with van der Waals surface area (Å²) in [5, 5.41) is 0. The Morgan fingerprint density at radius 3 is 1.71 bits per heavy atom. The Morgan fingerprint density at radius 2 is 1.21 bits per heavy atom. The van der Waals surface area contributed by atoms with E-state index >= 15 is 0 Å². The van der Waals surface area contributed by atoms with Crippen LogP contribution < -0.4 is 11.2 Å². The summed E-state index contributed by atoms with van der Waals surface area (Å²) < 4.78 is 24.4. The molecule has 3 aromatic carbocycles. The largest absolute Gasteiger partial charge is 0.459 e. The zero-order chi connectivity index (χ0) is 29.6. The van der Waals surface area contributed by atoms with E-state index in [1.807, 2.05) is 0 Å². The summed E-state index contributed by atoms with van der Waals surface area (Å²) in [6.07, 6.45) is -5.22. The molecular formula is C31H26N2O9. The summed E-state index contributed by atoms with van der Waals surface area (Å²) in [7, 11) is 0. The highest BCUT2D eigenvalue weighted by atomic mass is 16.7. The molecule has 0 saturated carbocycles. The Bertz CT molecular complexity index is 1680. The SMILES string of the molecule is Cc1cc(=O)[nH]c(=O)n1[C@@H]1O[C@H](COC(=O)c2ccccc2)[C@H](OC(=O)c2ccccc2)C1OC(=O)c1ccccc1. The summed E-state index contributed by atoms with van der Waals surface area (Å²) in [5.41, 5.74) is -0.569. The third-order valence-electron chi connectivity index (χ3n) is 6.60. The van der Waals surface area contributed by atoms with Crippen LogP contribution >= 0.6 is 0 Å². The number of H-pyrrole nitrogens is 1. The normalized spacial score (nSPS) is 19.5. The number of esters is 3. The van der Waals surface area contributed by atoms with Crippen LogP contribution in [0, 0.1) is 6.92 Å². The molecule has 11 heteroatoms. The smallest absolute Gasteiger partial charge is 0.338 e.